The van der Waals surface area contributed by atoms with Crippen LogP contribution in [0.15, 0.2) is 30.5 Å². The van der Waals surface area contributed by atoms with Gasteiger partial charge < -0.3 is 15.4 Å². The topological polar surface area (TPSA) is 65.1 Å². The minimum atomic E-state index is -0.0938. The summed E-state index contributed by atoms with van der Waals surface area (Å²) in [5, 5.41) is 13.1. The number of H-pyrrole nitrogens is 1. The number of aromatic nitrogens is 1. The predicted octanol–water partition coefficient (Wildman–Crippen LogP) is 2.30. The van der Waals surface area contributed by atoms with Crippen molar-refractivity contribution in [3.8, 4) is 0 Å². The van der Waals surface area contributed by atoms with Crippen LogP contribution in [0.3, 0.4) is 0 Å². The first-order valence-electron chi connectivity index (χ1n) is 6.60. The minimum absolute atomic E-state index is 0.00293. The van der Waals surface area contributed by atoms with Gasteiger partial charge in [-0.2, -0.15) is 0 Å². The largest absolute Gasteiger partial charge is 0.396 e. The molecule has 0 aliphatic carbocycles. The molecule has 0 aliphatic rings. The van der Waals surface area contributed by atoms with Crippen LogP contribution in [0.5, 0.6) is 0 Å². The number of nitrogens with one attached hydrogen (secondary N) is 2. The molecule has 0 radical (unpaired) electrons. The average molecular weight is 260 g/mol. The average Bonchev–Trinajstić information content (AvgIpc) is 2.85. The summed E-state index contributed by atoms with van der Waals surface area (Å²) < 4.78 is 0. The summed E-state index contributed by atoms with van der Waals surface area (Å²) >= 11 is 0. The lowest BCUT2D eigenvalue weighted by molar-refractivity contribution is 0.0916. The van der Waals surface area contributed by atoms with E-state index in [1.165, 1.54) is 0 Å². The lowest BCUT2D eigenvalue weighted by Gasteiger charge is -2.21. The van der Waals surface area contributed by atoms with Crippen molar-refractivity contribution in [1.82, 2.24) is 10.3 Å². The number of rotatable bonds is 5. The number of aliphatic hydroxyl groups is 1. The van der Waals surface area contributed by atoms with E-state index in [0.717, 1.165) is 10.9 Å². The highest BCUT2D eigenvalue weighted by atomic mass is 16.3. The van der Waals surface area contributed by atoms with Crippen molar-refractivity contribution >= 4 is 16.8 Å². The van der Waals surface area contributed by atoms with Crippen molar-refractivity contribution in [2.24, 2.45) is 5.92 Å². The number of fused-ring (bicyclic) bond motifs is 1. The minimum Gasteiger partial charge on any atom is -0.396 e. The van der Waals surface area contributed by atoms with Crippen molar-refractivity contribution in [2.45, 2.75) is 26.3 Å². The van der Waals surface area contributed by atoms with Crippen LogP contribution >= 0.6 is 0 Å². The molecule has 1 aromatic carbocycles. The Morgan fingerprint density at radius 1 is 1.37 bits per heavy atom. The van der Waals surface area contributed by atoms with Crippen molar-refractivity contribution in [3.05, 3.63) is 36.0 Å². The molecule has 1 amide bonds. The fourth-order valence-electron chi connectivity index (χ4n) is 2.15. The van der Waals surface area contributed by atoms with Crippen LogP contribution in [0, 0.1) is 5.92 Å². The standard InChI is InChI=1S/C15H20N2O2/c1-10(2)13(6-8-18)17-15(19)12-4-3-11-5-7-16-14(11)9-12/h3-5,7,9-10,13,16,18H,6,8H2,1-2H3,(H,17,19). The molecule has 4 nitrogen and oxygen atoms in total. The molecule has 0 saturated carbocycles. The highest BCUT2D eigenvalue weighted by molar-refractivity contribution is 5.98. The van der Waals surface area contributed by atoms with Gasteiger partial charge in [-0.05, 0) is 35.9 Å². The monoisotopic (exact) mass is 260 g/mol. The second-order valence-electron chi connectivity index (χ2n) is 5.12. The van der Waals surface area contributed by atoms with E-state index in [2.05, 4.69) is 10.3 Å². The number of aliphatic hydroxyl groups excluding tert-OH is 1. The van der Waals surface area contributed by atoms with Crippen LogP contribution in [0.2, 0.25) is 0 Å². The van der Waals surface area contributed by atoms with Crippen LogP contribution in [-0.4, -0.2) is 28.6 Å². The summed E-state index contributed by atoms with van der Waals surface area (Å²) in [6, 6.07) is 7.57. The molecule has 19 heavy (non-hydrogen) atoms. The number of hydrogen-bond donors (Lipinski definition) is 3. The number of carbonyl (C=O) groups excluding carboxylic acids is 1. The third-order valence-corrected chi connectivity index (χ3v) is 3.38. The van der Waals surface area contributed by atoms with Gasteiger partial charge in [-0.3, -0.25) is 4.79 Å². The summed E-state index contributed by atoms with van der Waals surface area (Å²) in [5.41, 5.74) is 1.59. The van der Waals surface area contributed by atoms with Crippen LogP contribution in [0.25, 0.3) is 10.9 Å². The molecule has 0 fully saturated rings. The fourth-order valence-corrected chi connectivity index (χ4v) is 2.15. The first kappa shape index (κ1) is 13.6. The number of carbonyl (C=O) groups is 1. The normalized spacial score (nSPS) is 12.8. The zero-order valence-electron chi connectivity index (χ0n) is 11.3. The van der Waals surface area contributed by atoms with Gasteiger partial charge in [-0.1, -0.05) is 19.9 Å². The Morgan fingerprint density at radius 2 is 2.16 bits per heavy atom. The van der Waals surface area contributed by atoms with Crippen LogP contribution in [0.1, 0.15) is 30.6 Å². The molecule has 1 aromatic heterocycles. The number of hydrogen-bond acceptors (Lipinski definition) is 2. The molecule has 3 N–H and O–H groups in total. The Kier molecular flexibility index (Phi) is 4.22. The molecule has 2 aromatic rings. The van der Waals surface area contributed by atoms with Crippen molar-refractivity contribution in [1.29, 1.82) is 0 Å². The van der Waals surface area contributed by atoms with Gasteiger partial charge in [0.1, 0.15) is 0 Å². The Bertz CT molecular complexity index is 560. The third-order valence-electron chi connectivity index (χ3n) is 3.38. The van der Waals surface area contributed by atoms with Crippen LogP contribution in [-0.2, 0) is 0 Å². The smallest absolute Gasteiger partial charge is 0.251 e. The van der Waals surface area contributed by atoms with E-state index in [9.17, 15) is 4.79 Å². The van der Waals surface area contributed by atoms with Crippen molar-refractivity contribution in [3.63, 3.8) is 0 Å². The Hall–Kier alpha value is -1.81. The lowest BCUT2D eigenvalue weighted by atomic mass is 10.0. The molecule has 1 unspecified atom stereocenters. The quantitative estimate of drug-likeness (QED) is 0.772. The predicted molar refractivity (Wildman–Crippen MR) is 76.1 cm³/mol. The van der Waals surface area contributed by atoms with Crippen LogP contribution in [0.4, 0.5) is 0 Å². The van der Waals surface area contributed by atoms with Gasteiger partial charge in [0.2, 0.25) is 0 Å². The molecule has 0 bridgehead atoms. The van der Waals surface area contributed by atoms with Crippen molar-refractivity contribution in [2.75, 3.05) is 6.61 Å². The van der Waals surface area contributed by atoms with Gasteiger partial charge in [0.25, 0.3) is 5.91 Å². The highest BCUT2D eigenvalue weighted by Gasteiger charge is 2.16. The molecule has 0 aliphatic heterocycles. The maximum atomic E-state index is 12.2. The molecule has 0 saturated heterocycles. The molecule has 1 heterocycles. The third kappa shape index (κ3) is 3.15. The summed E-state index contributed by atoms with van der Waals surface area (Å²) in [6.07, 6.45) is 2.43. The van der Waals surface area contributed by atoms with Gasteiger partial charge in [-0.25, -0.2) is 0 Å². The van der Waals surface area contributed by atoms with Gasteiger partial charge in [-0.15, -0.1) is 0 Å². The summed E-state index contributed by atoms with van der Waals surface area (Å²) in [6.45, 7) is 4.16. The highest BCUT2D eigenvalue weighted by Crippen LogP contribution is 2.15. The van der Waals surface area contributed by atoms with E-state index in [1.54, 1.807) is 0 Å². The molecule has 2 rings (SSSR count). The van der Waals surface area contributed by atoms with Gasteiger partial charge >= 0.3 is 0 Å². The molecule has 102 valence electrons. The second-order valence-corrected chi connectivity index (χ2v) is 5.12. The first-order valence-corrected chi connectivity index (χ1v) is 6.60. The van der Waals surface area contributed by atoms with E-state index in [4.69, 9.17) is 5.11 Å². The maximum absolute atomic E-state index is 12.2. The van der Waals surface area contributed by atoms with Gasteiger partial charge in [0.05, 0.1) is 0 Å². The zero-order chi connectivity index (χ0) is 13.8. The fraction of sp³-hybridized carbons (Fsp3) is 0.400. The molecule has 0 spiro atoms. The van der Waals surface area contributed by atoms with Crippen LogP contribution < -0.4 is 5.32 Å². The number of aromatic amines is 1. The molecular formula is C15H20N2O2. The number of amides is 1. The van der Waals surface area contributed by atoms with E-state index >= 15 is 0 Å². The van der Waals surface area contributed by atoms with Crippen molar-refractivity contribution < 1.29 is 9.90 Å². The van der Waals surface area contributed by atoms with E-state index in [1.807, 2.05) is 44.3 Å². The summed E-state index contributed by atoms with van der Waals surface area (Å²) in [7, 11) is 0. The SMILES string of the molecule is CC(C)C(CCO)NC(=O)c1ccc2cc[nH]c2c1. The Morgan fingerprint density at radius 3 is 2.84 bits per heavy atom. The lowest BCUT2D eigenvalue weighted by Crippen LogP contribution is -2.39. The molecular weight excluding hydrogens is 240 g/mol. The number of benzene rings is 1. The first-order chi connectivity index (χ1) is 9.11. The summed E-state index contributed by atoms with van der Waals surface area (Å²) in [5.74, 6) is 0.203. The van der Waals surface area contributed by atoms with E-state index < -0.39 is 0 Å². The Balaban J connectivity index is 2.13. The van der Waals surface area contributed by atoms with Gasteiger partial charge in [0, 0.05) is 29.9 Å². The molecule has 1 atom stereocenters. The van der Waals surface area contributed by atoms with Gasteiger partial charge in [0.15, 0.2) is 0 Å². The second kappa shape index (κ2) is 5.89. The summed E-state index contributed by atoms with van der Waals surface area (Å²) in [4.78, 5) is 15.3. The Labute approximate surface area is 112 Å². The van der Waals surface area contributed by atoms with E-state index in [-0.39, 0.29) is 18.6 Å². The molecule has 4 heteroatoms. The van der Waals surface area contributed by atoms with E-state index in [0.29, 0.717) is 17.9 Å². The maximum Gasteiger partial charge on any atom is 0.251 e. The zero-order valence-corrected chi connectivity index (χ0v) is 11.3.